The maximum atomic E-state index is 13.6. The Balaban J connectivity index is 1.32. The van der Waals surface area contributed by atoms with Gasteiger partial charge in [-0.15, -0.1) is 0 Å². The fraction of sp³-hybridized carbons (Fsp3) is 0.407. The summed E-state index contributed by atoms with van der Waals surface area (Å²) >= 11 is 0. The van der Waals surface area contributed by atoms with Crippen LogP contribution in [0.5, 0.6) is 5.75 Å². The molecule has 3 atom stereocenters. The summed E-state index contributed by atoms with van der Waals surface area (Å²) in [6, 6.07) is 9.46. The van der Waals surface area contributed by atoms with E-state index in [9.17, 15) is 22.8 Å². The second kappa shape index (κ2) is 10.8. The Morgan fingerprint density at radius 3 is 2.77 bits per heavy atom. The molecule has 206 valence electrons. The number of pyridine rings is 1. The van der Waals surface area contributed by atoms with Crippen molar-refractivity contribution in [2.24, 2.45) is 0 Å². The highest BCUT2D eigenvalue weighted by Crippen LogP contribution is 2.33. The summed E-state index contributed by atoms with van der Waals surface area (Å²) in [6.07, 6.45) is 2.80. The number of para-hydroxylation sites is 1. The molecular weight excluding hydrogens is 524 g/mol. The number of hydrogen-bond acceptors (Lipinski definition) is 8. The number of nitrogens with zero attached hydrogens (tertiary/aromatic N) is 3. The van der Waals surface area contributed by atoms with Gasteiger partial charge in [0.1, 0.15) is 17.8 Å². The largest absolute Gasteiger partial charge is 0.493 e. The van der Waals surface area contributed by atoms with E-state index in [1.165, 1.54) is 22.5 Å². The Hall–Kier alpha value is -3.77. The molecule has 0 bridgehead atoms. The van der Waals surface area contributed by atoms with Crippen molar-refractivity contribution in [3.8, 4) is 5.75 Å². The molecule has 2 saturated heterocycles. The first-order valence-corrected chi connectivity index (χ1v) is 14.4. The van der Waals surface area contributed by atoms with Gasteiger partial charge in [0.2, 0.25) is 15.9 Å². The lowest BCUT2D eigenvalue weighted by Gasteiger charge is -2.28. The molecule has 0 saturated carbocycles. The highest BCUT2D eigenvalue weighted by molar-refractivity contribution is 7.88. The third-order valence-corrected chi connectivity index (χ3v) is 8.98. The number of amides is 2. The van der Waals surface area contributed by atoms with Gasteiger partial charge in [-0.25, -0.2) is 8.42 Å². The number of carbonyl (C=O) groups excluding carboxylic acids is 3. The number of Topliss-reactive ketones (excluding diaryl/α,β-unsaturated/α-hetero) is 1. The minimum absolute atomic E-state index is 0.0337. The smallest absolute Gasteiger partial charge is 0.287 e. The average Bonchev–Trinajstić information content (AvgIpc) is 3.63. The van der Waals surface area contributed by atoms with Gasteiger partial charge in [-0.05, 0) is 37.1 Å². The lowest BCUT2D eigenvalue weighted by atomic mass is 10.1. The Bertz CT molecular complexity index is 1500. The quantitative estimate of drug-likeness (QED) is 0.424. The molecule has 1 N–H and O–H groups in total. The first-order chi connectivity index (χ1) is 18.7. The predicted molar refractivity (Wildman–Crippen MR) is 141 cm³/mol. The Labute approximate surface area is 226 Å². The van der Waals surface area contributed by atoms with E-state index in [1.807, 2.05) is 6.92 Å². The van der Waals surface area contributed by atoms with Crippen molar-refractivity contribution in [1.29, 1.82) is 0 Å². The van der Waals surface area contributed by atoms with E-state index in [-0.39, 0.29) is 30.4 Å². The van der Waals surface area contributed by atoms with Crippen molar-refractivity contribution < 1.29 is 32.0 Å². The number of nitrogens with one attached hydrogen (secondary N) is 1. The molecule has 0 spiro atoms. The van der Waals surface area contributed by atoms with Gasteiger partial charge in [0.05, 0.1) is 25.4 Å². The first-order valence-electron chi connectivity index (χ1n) is 12.8. The minimum atomic E-state index is -3.83. The summed E-state index contributed by atoms with van der Waals surface area (Å²) in [7, 11) is -2.33. The summed E-state index contributed by atoms with van der Waals surface area (Å²) in [5.74, 6) is -1.11. The van der Waals surface area contributed by atoms with Gasteiger partial charge in [0.15, 0.2) is 22.9 Å². The lowest BCUT2D eigenvalue weighted by Crippen LogP contribution is -2.52. The molecule has 5 rings (SSSR count). The standard InChI is InChI=1S/C27H30N4O7S/c1-3-7-19(29-26(33)23-14-17-8-6-10-22(37-2)25(17)38-23)27(34)30-13-11-20-24(30)21(32)15-31(20)39(35,36)16-18-9-4-5-12-28-18/h4-6,8-10,12,14,19-20,24H,3,7,11,13,15-16H2,1-2H3,(H,29,33). The van der Waals surface area contributed by atoms with Gasteiger partial charge in [0, 0.05) is 18.1 Å². The zero-order chi connectivity index (χ0) is 27.7. The number of benzene rings is 1. The third-order valence-electron chi connectivity index (χ3n) is 7.21. The molecule has 11 nitrogen and oxygen atoms in total. The molecule has 0 aliphatic carbocycles. The van der Waals surface area contributed by atoms with Crippen LogP contribution in [0.15, 0.2) is 53.1 Å². The van der Waals surface area contributed by atoms with Crippen molar-refractivity contribution in [2.75, 3.05) is 20.2 Å². The van der Waals surface area contributed by atoms with Crippen molar-refractivity contribution in [3.05, 3.63) is 60.1 Å². The highest BCUT2D eigenvalue weighted by atomic mass is 32.2. The molecule has 2 aliphatic heterocycles. The predicted octanol–water partition coefficient (Wildman–Crippen LogP) is 2.12. The lowest BCUT2D eigenvalue weighted by molar-refractivity contribution is -0.138. The molecule has 2 aromatic heterocycles. The van der Waals surface area contributed by atoms with Crippen LogP contribution in [0.4, 0.5) is 0 Å². The molecule has 3 unspecified atom stereocenters. The zero-order valence-corrected chi connectivity index (χ0v) is 22.5. The van der Waals surface area contributed by atoms with Crippen LogP contribution in [0.25, 0.3) is 11.0 Å². The van der Waals surface area contributed by atoms with Crippen LogP contribution in [0.1, 0.15) is 42.4 Å². The molecule has 39 heavy (non-hydrogen) atoms. The number of fused-ring (bicyclic) bond motifs is 2. The molecule has 3 aromatic rings. The molecule has 2 aliphatic rings. The number of hydrogen-bond donors (Lipinski definition) is 1. The molecule has 0 radical (unpaired) electrons. The van der Waals surface area contributed by atoms with Crippen molar-refractivity contribution in [2.45, 2.75) is 50.1 Å². The first kappa shape index (κ1) is 26.8. The minimum Gasteiger partial charge on any atom is -0.493 e. The second-order valence-corrected chi connectivity index (χ2v) is 11.6. The van der Waals surface area contributed by atoms with Crippen LogP contribution in [0.3, 0.4) is 0 Å². The van der Waals surface area contributed by atoms with Gasteiger partial charge < -0.3 is 19.4 Å². The SMILES string of the molecule is CCCC(NC(=O)c1cc2cccc(OC)c2o1)C(=O)N1CCC2C1C(=O)CN2S(=O)(=O)Cc1ccccn1. The third kappa shape index (κ3) is 5.13. The fourth-order valence-electron chi connectivity index (χ4n) is 5.42. The molecule has 2 fully saturated rings. The number of furan rings is 1. The van der Waals surface area contributed by atoms with E-state index < -0.39 is 40.0 Å². The van der Waals surface area contributed by atoms with Gasteiger partial charge >= 0.3 is 0 Å². The van der Waals surface area contributed by atoms with Crippen LogP contribution in [0, 0.1) is 0 Å². The molecular formula is C27H30N4O7S. The molecule has 12 heteroatoms. The number of sulfonamides is 1. The normalized spacial score (nSPS) is 20.3. The molecule has 4 heterocycles. The Kier molecular flexibility index (Phi) is 7.41. The molecule has 2 amide bonds. The summed E-state index contributed by atoms with van der Waals surface area (Å²) < 4.78 is 38.6. The van der Waals surface area contributed by atoms with E-state index in [2.05, 4.69) is 10.3 Å². The number of ketones is 1. The monoisotopic (exact) mass is 554 g/mol. The van der Waals surface area contributed by atoms with Crippen molar-refractivity contribution >= 4 is 38.6 Å². The maximum absolute atomic E-state index is 13.6. The zero-order valence-electron chi connectivity index (χ0n) is 21.7. The molecule has 1 aromatic carbocycles. The number of ether oxygens (including phenoxy) is 1. The number of methoxy groups -OCH3 is 1. The second-order valence-electron chi connectivity index (χ2n) is 9.73. The number of rotatable bonds is 9. The average molecular weight is 555 g/mol. The van der Waals surface area contributed by atoms with Crippen LogP contribution in [-0.4, -0.2) is 78.5 Å². The highest BCUT2D eigenvalue weighted by Gasteiger charge is 2.54. The van der Waals surface area contributed by atoms with Gasteiger partial charge in [-0.3, -0.25) is 19.4 Å². The van der Waals surface area contributed by atoms with Crippen LogP contribution in [-0.2, 0) is 25.4 Å². The summed E-state index contributed by atoms with van der Waals surface area (Å²) in [6.45, 7) is 1.81. The fourth-order valence-corrected chi connectivity index (χ4v) is 7.09. The van der Waals surface area contributed by atoms with E-state index >= 15 is 0 Å². The summed E-state index contributed by atoms with van der Waals surface area (Å²) in [5, 5.41) is 3.45. The number of carbonyl (C=O) groups is 3. The Morgan fingerprint density at radius 2 is 2.05 bits per heavy atom. The van der Waals surface area contributed by atoms with E-state index in [4.69, 9.17) is 9.15 Å². The van der Waals surface area contributed by atoms with Crippen molar-refractivity contribution in [1.82, 2.24) is 19.5 Å². The number of likely N-dealkylation sites (tertiary alicyclic amines) is 1. The van der Waals surface area contributed by atoms with Crippen LogP contribution >= 0.6 is 0 Å². The van der Waals surface area contributed by atoms with Crippen LogP contribution in [0.2, 0.25) is 0 Å². The van der Waals surface area contributed by atoms with Gasteiger partial charge in [-0.1, -0.05) is 31.5 Å². The van der Waals surface area contributed by atoms with E-state index in [0.29, 0.717) is 41.7 Å². The summed E-state index contributed by atoms with van der Waals surface area (Å²) in [4.78, 5) is 45.3. The van der Waals surface area contributed by atoms with Crippen LogP contribution < -0.4 is 10.1 Å². The van der Waals surface area contributed by atoms with Gasteiger partial charge in [-0.2, -0.15) is 4.31 Å². The summed E-state index contributed by atoms with van der Waals surface area (Å²) in [5.41, 5.74) is 0.808. The van der Waals surface area contributed by atoms with E-state index in [0.717, 1.165) is 0 Å². The maximum Gasteiger partial charge on any atom is 0.287 e. The topological polar surface area (TPSA) is 139 Å². The van der Waals surface area contributed by atoms with Crippen molar-refractivity contribution in [3.63, 3.8) is 0 Å². The number of aromatic nitrogens is 1. The Morgan fingerprint density at radius 1 is 1.23 bits per heavy atom. The van der Waals surface area contributed by atoms with Gasteiger partial charge in [0.25, 0.3) is 5.91 Å². The van der Waals surface area contributed by atoms with E-state index in [1.54, 1.807) is 42.5 Å².